The van der Waals surface area contributed by atoms with E-state index in [9.17, 15) is 9.59 Å². The molecule has 3 unspecified atom stereocenters. The molecule has 3 aromatic rings. The molecule has 0 bridgehead atoms. The Kier molecular flexibility index (Phi) is 6.98. The zero-order valence-corrected chi connectivity index (χ0v) is 22.5. The van der Waals surface area contributed by atoms with Gasteiger partial charge < -0.3 is 19.5 Å². The lowest BCUT2D eigenvalue weighted by Gasteiger charge is -2.34. The van der Waals surface area contributed by atoms with Crippen molar-refractivity contribution in [1.82, 2.24) is 10.3 Å². The number of pyridine rings is 1. The van der Waals surface area contributed by atoms with Gasteiger partial charge in [0.05, 0.1) is 16.8 Å². The van der Waals surface area contributed by atoms with E-state index >= 15 is 0 Å². The van der Waals surface area contributed by atoms with Gasteiger partial charge in [0.1, 0.15) is 0 Å². The van der Waals surface area contributed by atoms with Gasteiger partial charge in [-0.15, -0.1) is 0 Å². The number of esters is 1. The molecule has 1 N–H and O–H groups in total. The van der Waals surface area contributed by atoms with Crippen molar-refractivity contribution in [1.29, 1.82) is 0 Å². The molecule has 1 saturated carbocycles. The van der Waals surface area contributed by atoms with Crippen LogP contribution in [0.25, 0.3) is 22.6 Å². The minimum Gasteiger partial charge on any atom is -0.454 e. The molecule has 1 fully saturated rings. The number of hydrogen-bond acceptors (Lipinski definition) is 6. The van der Waals surface area contributed by atoms with Gasteiger partial charge in [0, 0.05) is 11.4 Å². The molecule has 2 aliphatic carbocycles. The highest BCUT2D eigenvalue weighted by Crippen LogP contribution is 2.38. The quantitative estimate of drug-likeness (QED) is 0.414. The molecule has 2 aromatic carbocycles. The number of amides is 1. The summed E-state index contributed by atoms with van der Waals surface area (Å²) >= 11 is 0. The van der Waals surface area contributed by atoms with Gasteiger partial charge in [-0.25, -0.2) is 9.78 Å². The van der Waals surface area contributed by atoms with E-state index in [1.807, 2.05) is 42.5 Å². The van der Waals surface area contributed by atoms with E-state index < -0.39 is 5.97 Å². The minimum absolute atomic E-state index is 0.123. The predicted molar refractivity (Wildman–Crippen MR) is 150 cm³/mol. The number of rotatable bonds is 5. The zero-order valence-electron chi connectivity index (χ0n) is 22.5. The summed E-state index contributed by atoms with van der Waals surface area (Å²) < 4.78 is 16.6. The molecule has 1 amide bonds. The number of aromatic nitrogens is 1. The number of hydrogen-bond donors (Lipinski definition) is 1. The van der Waals surface area contributed by atoms with Gasteiger partial charge in [0.25, 0.3) is 5.91 Å². The van der Waals surface area contributed by atoms with Crippen LogP contribution in [0.5, 0.6) is 11.5 Å². The number of carbonyl (C=O) groups excluding carboxylic acids is 2. The number of ether oxygens (including phenoxy) is 3. The van der Waals surface area contributed by atoms with Gasteiger partial charge in [-0.2, -0.15) is 0 Å². The number of benzene rings is 2. The number of para-hydroxylation sites is 1. The molecule has 3 aliphatic rings. The lowest BCUT2D eigenvalue weighted by molar-refractivity contribution is -0.125. The van der Waals surface area contributed by atoms with Crippen molar-refractivity contribution >= 4 is 34.4 Å². The monoisotopic (exact) mass is 526 g/mol. The Morgan fingerprint density at radius 1 is 1.05 bits per heavy atom. The highest BCUT2D eigenvalue weighted by atomic mass is 16.7. The van der Waals surface area contributed by atoms with Crippen molar-refractivity contribution in [2.45, 2.75) is 58.4 Å². The first-order valence-corrected chi connectivity index (χ1v) is 14.0. The van der Waals surface area contributed by atoms with Gasteiger partial charge in [-0.05, 0) is 78.5 Å². The maximum Gasteiger partial charge on any atom is 0.339 e. The molecule has 0 radical (unpaired) electrons. The number of nitrogens with zero attached hydrogens (tertiary/aromatic N) is 1. The highest BCUT2D eigenvalue weighted by Gasteiger charge is 2.29. The van der Waals surface area contributed by atoms with Crippen LogP contribution in [0.15, 0.2) is 42.5 Å². The molecule has 7 heteroatoms. The number of nitrogens with one attached hydrogen (secondary N) is 1. The van der Waals surface area contributed by atoms with Crippen LogP contribution in [0.1, 0.15) is 73.1 Å². The second kappa shape index (κ2) is 10.7. The van der Waals surface area contributed by atoms with Gasteiger partial charge in [-0.3, -0.25) is 4.79 Å². The van der Waals surface area contributed by atoms with Crippen molar-refractivity contribution in [3.63, 3.8) is 0 Å². The zero-order chi connectivity index (χ0) is 26.9. The molecular weight excluding hydrogens is 492 g/mol. The first-order chi connectivity index (χ1) is 19.0. The Bertz CT molecular complexity index is 1460. The Morgan fingerprint density at radius 2 is 1.90 bits per heavy atom. The van der Waals surface area contributed by atoms with E-state index in [1.54, 1.807) is 0 Å². The average Bonchev–Trinajstić information content (AvgIpc) is 3.41. The summed E-state index contributed by atoms with van der Waals surface area (Å²) in [5.41, 5.74) is 5.00. The van der Waals surface area contributed by atoms with E-state index in [0.717, 1.165) is 76.9 Å². The van der Waals surface area contributed by atoms with Crippen molar-refractivity contribution in [2.75, 3.05) is 13.4 Å². The summed E-state index contributed by atoms with van der Waals surface area (Å²) in [5.74, 6) is 1.73. The predicted octanol–water partition coefficient (Wildman–Crippen LogP) is 5.94. The molecule has 202 valence electrons. The van der Waals surface area contributed by atoms with Crippen molar-refractivity contribution < 1.29 is 23.8 Å². The Hall–Kier alpha value is -3.87. The van der Waals surface area contributed by atoms with Crippen LogP contribution in [-0.4, -0.2) is 36.3 Å². The SMILES string of the molecule is CC1CCCC(NC(=O)COC(=O)c2c3c(nc4ccccc24)C(=Cc2ccc4c(c2)OCO4)CCC3)C1C. The second-order valence-corrected chi connectivity index (χ2v) is 11.0. The van der Waals surface area contributed by atoms with Gasteiger partial charge in [0.15, 0.2) is 18.1 Å². The summed E-state index contributed by atoms with van der Waals surface area (Å²) in [5, 5.41) is 3.85. The third kappa shape index (κ3) is 5.10. The summed E-state index contributed by atoms with van der Waals surface area (Å²) in [6, 6.07) is 13.6. The number of carbonyl (C=O) groups is 2. The van der Waals surface area contributed by atoms with Gasteiger partial charge in [0.2, 0.25) is 6.79 Å². The van der Waals surface area contributed by atoms with E-state index in [4.69, 9.17) is 19.2 Å². The van der Waals surface area contributed by atoms with Crippen LogP contribution in [-0.2, 0) is 16.0 Å². The van der Waals surface area contributed by atoms with Crippen molar-refractivity contribution in [2.24, 2.45) is 11.8 Å². The fourth-order valence-electron chi connectivity index (χ4n) is 6.15. The van der Waals surface area contributed by atoms with Crippen LogP contribution in [0.2, 0.25) is 0 Å². The minimum atomic E-state index is -0.477. The maximum atomic E-state index is 13.6. The first-order valence-electron chi connectivity index (χ1n) is 14.0. The fourth-order valence-corrected chi connectivity index (χ4v) is 6.15. The standard InChI is InChI=1S/C32H34N2O5/c1-19-7-5-12-25(20(19)2)33-29(35)17-37-32(36)30-23-9-3-4-11-26(23)34-31-22(8-6-10-24(30)31)15-21-13-14-27-28(16-21)39-18-38-27/h3-4,9,11,13-16,19-20,25H,5-8,10,12,17-18H2,1-2H3,(H,33,35). The normalized spacial score (nSPS) is 22.9. The topological polar surface area (TPSA) is 86.8 Å². The molecule has 6 rings (SSSR count). The van der Waals surface area contributed by atoms with Gasteiger partial charge in [-0.1, -0.05) is 51.0 Å². The summed E-state index contributed by atoms with van der Waals surface area (Å²) in [7, 11) is 0. The summed E-state index contributed by atoms with van der Waals surface area (Å²) in [6.45, 7) is 4.36. The molecule has 7 nitrogen and oxygen atoms in total. The second-order valence-electron chi connectivity index (χ2n) is 11.0. The molecule has 1 aliphatic heterocycles. The Labute approximate surface area is 228 Å². The van der Waals surface area contributed by atoms with Crippen LogP contribution >= 0.6 is 0 Å². The van der Waals surface area contributed by atoms with Gasteiger partial charge >= 0.3 is 5.97 Å². The van der Waals surface area contributed by atoms with Crippen LogP contribution in [0, 0.1) is 11.8 Å². The molecule has 39 heavy (non-hydrogen) atoms. The largest absolute Gasteiger partial charge is 0.454 e. The highest BCUT2D eigenvalue weighted by molar-refractivity contribution is 6.07. The van der Waals surface area contributed by atoms with Crippen LogP contribution < -0.4 is 14.8 Å². The lowest BCUT2D eigenvalue weighted by Crippen LogP contribution is -2.45. The number of fused-ring (bicyclic) bond motifs is 3. The van der Waals surface area contributed by atoms with E-state index in [0.29, 0.717) is 17.4 Å². The van der Waals surface area contributed by atoms with E-state index in [-0.39, 0.29) is 25.3 Å². The van der Waals surface area contributed by atoms with Crippen molar-refractivity contribution in [3.05, 3.63) is 64.8 Å². The molecule has 3 atom stereocenters. The number of allylic oxidation sites excluding steroid dienone is 1. The van der Waals surface area contributed by atoms with Crippen LogP contribution in [0.4, 0.5) is 0 Å². The average molecular weight is 527 g/mol. The fraction of sp³-hybridized carbons (Fsp3) is 0.406. The third-order valence-corrected chi connectivity index (χ3v) is 8.50. The summed E-state index contributed by atoms with van der Waals surface area (Å²) in [6.07, 6.45) is 7.83. The van der Waals surface area contributed by atoms with Crippen molar-refractivity contribution in [3.8, 4) is 11.5 Å². The maximum absolute atomic E-state index is 13.6. The molecular formula is C32H34N2O5. The molecule has 0 saturated heterocycles. The molecule has 1 aromatic heterocycles. The third-order valence-electron chi connectivity index (χ3n) is 8.50. The van der Waals surface area contributed by atoms with Crippen LogP contribution in [0.3, 0.4) is 0 Å². The smallest absolute Gasteiger partial charge is 0.339 e. The summed E-state index contributed by atoms with van der Waals surface area (Å²) in [4.78, 5) is 31.3. The van der Waals surface area contributed by atoms with E-state index in [1.165, 1.54) is 6.42 Å². The van der Waals surface area contributed by atoms with E-state index in [2.05, 4.69) is 25.2 Å². The molecule has 0 spiro atoms. The Morgan fingerprint density at radius 3 is 2.79 bits per heavy atom. The Balaban J connectivity index is 1.28. The molecule has 2 heterocycles. The lowest BCUT2D eigenvalue weighted by atomic mass is 9.78. The first kappa shape index (κ1) is 25.4.